The Hall–Kier alpha value is -2.10. The third-order valence-corrected chi connectivity index (χ3v) is 4.84. The standard InChI is InChI=1S/C24H36N2O2/c1-16(2)13-19-22(27)15-21(26(23(19)28)12-10-24(5,6)7)18-9-8-11-25-20(18)14-17(3)4/h8-9,11,15-17,27H,10,12-14H2,1-7H3. The predicted octanol–water partition coefficient (Wildman–Crippen LogP) is 5.45. The molecule has 0 bridgehead atoms. The van der Waals surface area contributed by atoms with Crippen LogP contribution in [0.4, 0.5) is 0 Å². The summed E-state index contributed by atoms with van der Waals surface area (Å²) in [6.07, 6.45) is 4.09. The summed E-state index contributed by atoms with van der Waals surface area (Å²) < 4.78 is 1.85. The molecule has 2 heterocycles. The van der Waals surface area contributed by atoms with Gasteiger partial charge in [-0.3, -0.25) is 9.78 Å². The van der Waals surface area contributed by atoms with Crippen LogP contribution in [0.2, 0.25) is 0 Å². The zero-order valence-electron chi connectivity index (χ0n) is 18.5. The zero-order valence-corrected chi connectivity index (χ0v) is 18.5. The van der Waals surface area contributed by atoms with Crippen molar-refractivity contribution in [2.75, 3.05) is 0 Å². The number of rotatable bonds is 7. The van der Waals surface area contributed by atoms with Crippen molar-refractivity contribution in [2.45, 2.75) is 74.3 Å². The molecular weight excluding hydrogens is 348 g/mol. The summed E-state index contributed by atoms with van der Waals surface area (Å²) in [6.45, 7) is 15.6. The maximum atomic E-state index is 13.4. The number of nitrogens with zero attached hydrogens (tertiary/aromatic N) is 2. The first kappa shape index (κ1) is 22.2. The van der Waals surface area contributed by atoms with Gasteiger partial charge in [0.25, 0.3) is 5.56 Å². The predicted molar refractivity (Wildman–Crippen MR) is 117 cm³/mol. The number of aromatic hydroxyl groups is 1. The molecular formula is C24H36N2O2. The molecule has 0 unspecified atom stereocenters. The summed E-state index contributed by atoms with van der Waals surface area (Å²) in [5.74, 6) is 0.854. The third-order valence-electron chi connectivity index (χ3n) is 4.84. The van der Waals surface area contributed by atoms with E-state index in [4.69, 9.17) is 0 Å². The molecule has 0 radical (unpaired) electrons. The van der Waals surface area contributed by atoms with Crippen LogP contribution in [0.5, 0.6) is 5.75 Å². The minimum absolute atomic E-state index is 0.0766. The molecule has 0 aliphatic carbocycles. The lowest BCUT2D eigenvalue weighted by Crippen LogP contribution is -2.28. The van der Waals surface area contributed by atoms with Gasteiger partial charge in [-0.05, 0) is 48.6 Å². The van der Waals surface area contributed by atoms with E-state index in [1.807, 2.05) is 16.7 Å². The van der Waals surface area contributed by atoms with Gasteiger partial charge in [-0.25, -0.2) is 0 Å². The van der Waals surface area contributed by atoms with Gasteiger partial charge >= 0.3 is 0 Å². The first-order valence-corrected chi connectivity index (χ1v) is 10.4. The summed E-state index contributed by atoms with van der Waals surface area (Å²) >= 11 is 0. The average molecular weight is 385 g/mol. The van der Waals surface area contributed by atoms with Gasteiger partial charge in [-0.15, -0.1) is 0 Å². The van der Waals surface area contributed by atoms with Gasteiger partial charge in [0.2, 0.25) is 0 Å². The Labute approximate surface area is 169 Å². The Morgan fingerprint density at radius 3 is 2.32 bits per heavy atom. The Balaban J connectivity index is 2.68. The highest BCUT2D eigenvalue weighted by Gasteiger charge is 2.20. The second-order valence-electron chi connectivity index (χ2n) is 9.85. The highest BCUT2D eigenvalue weighted by atomic mass is 16.3. The van der Waals surface area contributed by atoms with Crippen molar-refractivity contribution in [1.82, 2.24) is 9.55 Å². The van der Waals surface area contributed by atoms with E-state index in [0.29, 0.717) is 30.4 Å². The van der Waals surface area contributed by atoms with E-state index in [0.717, 1.165) is 29.8 Å². The molecule has 2 aromatic heterocycles. The summed E-state index contributed by atoms with van der Waals surface area (Å²) in [5.41, 5.74) is 3.23. The Morgan fingerprint density at radius 2 is 1.75 bits per heavy atom. The van der Waals surface area contributed by atoms with Gasteiger partial charge in [-0.1, -0.05) is 48.5 Å². The van der Waals surface area contributed by atoms with Gasteiger partial charge in [0.15, 0.2) is 0 Å². The van der Waals surface area contributed by atoms with E-state index < -0.39 is 0 Å². The Kier molecular flexibility index (Phi) is 7.08. The topological polar surface area (TPSA) is 55.1 Å². The van der Waals surface area contributed by atoms with Gasteiger partial charge in [0, 0.05) is 30.1 Å². The van der Waals surface area contributed by atoms with Crippen LogP contribution in [-0.4, -0.2) is 14.7 Å². The monoisotopic (exact) mass is 384 g/mol. The number of pyridine rings is 2. The molecule has 0 amide bonds. The number of aromatic nitrogens is 2. The van der Waals surface area contributed by atoms with Crippen LogP contribution in [0.3, 0.4) is 0 Å². The molecule has 0 aliphatic rings. The van der Waals surface area contributed by atoms with E-state index in [1.54, 1.807) is 12.3 Å². The van der Waals surface area contributed by atoms with Crippen molar-refractivity contribution >= 4 is 0 Å². The third kappa shape index (κ3) is 5.70. The minimum Gasteiger partial charge on any atom is -0.507 e. The highest BCUT2D eigenvalue weighted by molar-refractivity contribution is 5.64. The largest absolute Gasteiger partial charge is 0.507 e. The zero-order chi connectivity index (χ0) is 21.1. The van der Waals surface area contributed by atoms with Gasteiger partial charge in [0.1, 0.15) is 5.75 Å². The molecule has 0 fully saturated rings. The molecule has 154 valence electrons. The van der Waals surface area contributed by atoms with Crippen LogP contribution >= 0.6 is 0 Å². The molecule has 28 heavy (non-hydrogen) atoms. The molecule has 0 saturated heterocycles. The van der Waals surface area contributed by atoms with E-state index in [-0.39, 0.29) is 16.7 Å². The van der Waals surface area contributed by atoms with Crippen molar-refractivity contribution in [1.29, 1.82) is 0 Å². The van der Waals surface area contributed by atoms with Crippen molar-refractivity contribution in [3.05, 3.63) is 46.0 Å². The fraction of sp³-hybridized carbons (Fsp3) is 0.583. The minimum atomic E-state index is -0.0766. The molecule has 0 saturated carbocycles. The van der Waals surface area contributed by atoms with Gasteiger partial charge in [-0.2, -0.15) is 0 Å². The van der Waals surface area contributed by atoms with Crippen molar-refractivity contribution in [3.63, 3.8) is 0 Å². The number of hydrogen-bond donors (Lipinski definition) is 1. The molecule has 0 spiro atoms. The summed E-state index contributed by atoms with van der Waals surface area (Å²) in [6, 6.07) is 5.67. The van der Waals surface area contributed by atoms with Gasteiger partial charge in [0.05, 0.1) is 11.3 Å². The molecule has 0 atom stereocenters. The van der Waals surface area contributed by atoms with Crippen LogP contribution in [0.1, 0.15) is 66.1 Å². The second-order valence-corrected chi connectivity index (χ2v) is 9.85. The maximum absolute atomic E-state index is 13.4. The van der Waals surface area contributed by atoms with Crippen LogP contribution in [0.25, 0.3) is 11.3 Å². The van der Waals surface area contributed by atoms with E-state index in [2.05, 4.69) is 53.5 Å². The Morgan fingerprint density at radius 1 is 1.11 bits per heavy atom. The summed E-state index contributed by atoms with van der Waals surface area (Å²) in [5, 5.41) is 10.7. The SMILES string of the molecule is CC(C)Cc1ncccc1-c1cc(O)c(CC(C)C)c(=O)n1CCC(C)(C)C. The molecule has 2 rings (SSSR count). The number of hydrogen-bond acceptors (Lipinski definition) is 3. The van der Waals surface area contributed by atoms with E-state index >= 15 is 0 Å². The van der Waals surface area contributed by atoms with E-state index in [1.165, 1.54) is 0 Å². The van der Waals surface area contributed by atoms with Crippen molar-refractivity contribution in [2.24, 2.45) is 17.3 Å². The van der Waals surface area contributed by atoms with Crippen molar-refractivity contribution < 1.29 is 5.11 Å². The first-order chi connectivity index (χ1) is 13.0. The maximum Gasteiger partial charge on any atom is 0.257 e. The highest BCUT2D eigenvalue weighted by Crippen LogP contribution is 2.30. The van der Waals surface area contributed by atoms with Crippen molar-refractivity contribution in [3.8, 4) is 17.0 Å². The summed E-state index contributed by atoms with van der Waals surface area (Å²) in [7, 11) is 0. The van der Waals surface area contributed by atoms with Crippen LogP contribution in [0, 0.1) is 17.3 Å². The smallest absolute Gasteiger partial charge is 0.257 e. The molecule has 0 aliphatic heterocycles. The molecule has 1 N–H and O–H groups in total. The lowest BCUT2D eigenvalue weighted by molar-refractivity contribution is 0.347. The molecule has 4 nitrogen and oxygen atoms in total. The molecule has 4 heteroatoms. The molecule has 2 aromatic rings. The Bertz CT molecular complexity index is 858. The second kappa shape index (κ2) is 8.93. The van der Waals surface area contributed by atoms with Crippen LogP contribution in [0.15, 0.2) is 29.2 Å². The lowest BCUT2D eigenvalue weighted by atomic mass is 9.92. The first-order valence-electron chi connectivity index (χ1n) is 10.4. The average Bonchev–Trinajstić information content (AvgIpc) is 2.56. The lowest BCUT2D eigenvalue weighted by Gasteiger charge is -2.23. The van der Waals surface area contributed by atoms with E-state index in [9.17, 15) is 9.90 Å². The fourth-order valence-corrected chi connectivity index (χ4v) is 3.39. The molecule has 0 aromatic carbocycles. The normalized spacial score (nSPS) is 12.2. The van der Waals surface area contributed by atoms with Crippen LogP contribution in [-0.2, 0) is 19.4 Å². The summed E-state index contributed by atoms with van der Waals surface area (Å²) in [4.78, 5) is 17.9. The van der Waals surface area contributed by atoms with Gasteiger partial charge < -0.3 is 9.67 Å². The quantitative estimate of drug-likeness (QED) is 0.690. The fourth-order valence-electron chi connectivity index (χ4n) is 3.39. The van der Waals surface area contributed by atoms with Crippen LogP contribution < -0.4 is 5.56 Å².